The molecule has 1 aliphatic rings. The molecule has 2 N–H and O–H groups in total. The van der Waals surface area contributed by atoms with Gasteiger partial charge in [0.2, 0.25) is 0 Å². The lowest BCUT2D eigenvalue weighted by molar-refractivity contribution is 0.0867. The third-order valence-electron chi connectivity index (χ3n) is 3.53. The Bertz CT molecular complexity index is 548. The van der Waals surface area contributed by atoms with E-state index in [4.69, 9.17) is 6.42 Å². The van der Waals surface area contributed by atoms with Crippen LogP contribution in [-0.2, 0) is 0 Å². The van der Waals surface area contributed by atoms with E-state index in [1.807, 2.05) is 20.8 Å². The van der Waals surface area contributed by atoms with Crippen molar-refractivity contribution in [1.29, 1.82) is 0 Å². The average molecular weight is 312 g/mol. The van der Waals surface area contributed by atoms with Crippen LogP contribution in [0.5, 0.6) is 0 Å². The SMILES string of the molecule is C#Cc1c(Br)c(F)cc2c1[C@H](C)C(O)C(C)(C)N2. The summed E-state index contributed by atoms with van der Waals surface area (Å²) in [5.41, 5.74) is 1.40. The Labute approximate surface area is 115 Å². The molecule has 0 aromatic heterocycles. The molecule has 4 heteroatoms. The molecule has 2 nitrogen and oxygen atoms in total. The van der Waals surface area contributed by atoms with E-state index >= 15 is 0 Å². The summed E-state index contributed by atoms with van der Waals surface area (Å²) in [4.78, 5) is 0. The van der Waals surface area contributed by atoms with E-state index in [2.05, 4.69) is 27.2 Å². The van der Waals surface area contributed by atoms with Crippen LogP contribution < -0.4 is 5.32 Å². The van der Waals surface area contributed by atoms with Gasteiger partial charge in [-0.25, -0.2) is 4.39 Å². The van der Waals surface area contributed by atoms with Gasteiger partial charge in [0.15, 0.2) is 0 Å². The van der Waals surface area contributed by atoms with Gasteiger partial charge < -0.3 is 10.4 Å². The highest BCUT2D eigenvalue weighted by Gasteiger charge is 2.40. The molecule has 0 spiro atoms. The lowest BCUT2D eigenvalue weighted by Crippen LogP contribution is -2.50. The van der Waals surface area contributed by atoms with Crippen LogP contribution in [0.25, 0.3) is 0 Å². The van der Waals surface area contributed by atoms with Crippen LogP contribution in [0.4, 0.5) is 10.1 Å². The first-order valence-electron chi connectivity index (χ1n) is 5.74. The van der Waals surface area contributed by atoms with E-state index in [0.717, 1.165) is 5.56 Å². The standard InChI is InChI=1S/C14H15BrFNO/c1-5-8-11-7(2)13(18)14(3,4)17-10(11)6-9(16)12(8)15/h1,6-7,13,17-18H,2-4H3/t7-,13?/m0/s1. The molecule has 0 radical (unpaired) electrons. The molecule has 0 fully saturated rings. The summed E-state index contributed by atoms with van der Waals surface area (Å²) < 4.78 is 14.1. The topological polar surface area (TPSA) is 32.3 Å². The van der Waals surface area contributed by atoms with Crippen LogP contribution in [0.1, 0.15) is 37.8 Å². The van der Waals surface area contributed by atoms with E-state index in [1.165, 1.54) is 6.07 Å². The monoisotopic (exact) mass is 311 g/mol. The number of fused-ring (bicyclic) bond motifs is 1. The lowest BCUT2D eigenvalue weighted by Gasteiger charge is -2.42. The van der Waals surface area contributed by atoms with Crippen LogP contribution in [0, 0.1) is 18.2 Å². The molecule has 0 bridgehead atoms. The molecule has 18 heavy (non-hydrogen) atoms. The second kappa shape index (κ2) is 4.25. The number of hydrogen-bond donors (Lipinski definition) is 2. The molecule has 1 heterocycles. The Morgan fingerprint density at radius 2 is 2.17 bits per heavy atom. The first kappa shape index (κ1) is 13.4. The predicted molar refractivity (Wildman–Crippen MR) is 74.2 cm³/mol. The highest BCUT2D eigenvalue weighted by atomic mass is 79.9. The zero-order valence-corrected chi connectivity index (χ0v) is 12.1. The van der Waals surface area contributed by atoms with Gasteiger partial charge in [0.25, 0.3) is 0 Å². The van der Waals surface area contributed by atoms with E-state index in [1.54, 1.807) is 0 Å². The number of terminal acetylenes is 1. The maximum absolute atomic E-state index is 13.8. The fraction of sp³-hybridized carbons (Fsp3) is 0.429. The molecule has 1 aromatic carbocycles. The van der Waals surface area contributed by atoms with Gasteiger partial charge in [0, 0.05) is 17.2 Å². The van der Waals surface area contributed by atoms with Gasteiger partial charge in [0.1, 0.15) is 5.82 Å². The summed E-state index contributed by atoms with van der Waals surface area (Å²) in [7, 11) is 0. The van der Waals surface area contributed by atoms with Crippen molar-refractivity contribution in [3.8, 4) is 12.3 Å². The molecule has 1 aliphatic heterocycles. The van der Waals surface area contributed by atoms with Crippen molar-refractivity contribution in [2.24, 2.45) is 0 Å². The lowest BCUT2D eigenvalue weighted by atomic mass is 9.77. The summed E-state index contributed by atoms with van der Waals surface area (Å²) in [5, 5.41) is 13.4. The van der Waals surface area contributed by atoms with Crippen LogP contribution in [0.15, 0.2) is 10.5 Å². The molecule has 1 aromatic rings. The van der Waals surface area contributed by atoms with E-state index in [0.29, 0.717) is 11.3 Å². The quantitative estimate of drug-likeness (QED) is 0.721. The largest absolute Gasteiger partial charge is 0.390 e. The Hall–Kier alpha value is -1.05. The second-order valence-electron chi connectivity index (χ2n) is 5.23. The smallest absolute Gasteiger partial charge is 0.140 e. The van der Waals surface area contributed by atoms with Crippen molar-refractivity contribution in [2.75, 3.05) is 5.32 Å². The highest BCUT2D eigenvalue weighted by molar-refractivity contribution is 9.10. The van der Waals surface area contributed by atoms with Crippen molar-refractivity contribution in [3.63, 3.8) is 0 Å². The van der Waals surface area contributed by atoms with Gasteiger partial charge in [-0.2, -0.15) is 0 Å². The maximum Gasteiger partial charge on any atom is 0.140 e. The van der Waals surface area contributed by atoms with Crippen molar-refractivity contribution in [3.05, 3.63) is 27.5 Å². The number of hydrogen-bond acceptors (Lipinski definition) is 2. The first-order valence-corrected chi connectivity index (χ1v) is 6.53. The molecule has 0 saturated heterocycles. The number of halogens is 2. The molecule has 0 aliphatic carbocycles. The molecule has 2 atom stereocenters. The van der Waals surface area contributed by atoms with Crippen molar-refractivity contribution in [2.45, 2.75) is 38.3 Å². The number of rotatable bonds is 0. The molecule has 96 valence electrons. The summed E-state index contributed by atoms with van der Waals surface area (Å²) in [5.74, 6) is 1.96. The minimum Gasteiger partial charge on any atom is -0.390 e. The third-order valence-corrected chi connectivity index (χ3v) is 4.30. The van der Waals surface area contributed by atoms with E-state index in [9.17, 15) is 9.50 Å². The van der Waals surface area contributed by atoms with Crippen molar-refractivity contribution >= 4 is 21.6 Å². The number of benzene rings is 1. The van der Waals surface area contributed by atoms with Gasteiger partial charge in [0.05, 0.1) is 16.1 Å². The summed E-state index contributed by atoms with van der Waals surface area (Å²) in [6, 6.07) is 1.42. The Balaban J connectivity index is 2.73. The van der Waals surface area contributed by atoms with Crippen LogP contribution in [0.2, 0.25) is 0 Å². The minimum atomic E-state index is -0.588. The Morgan fingerprint density at radius 1 is 1.56 bits per heavy atom. The number of nitrogens with one attached hydrogen (secondary N) is 1. The van der Waals surface area contributed by atoms with E-state index < -0.39 is 17.5 Å². The summed E-state index contributed by atoms with van der Waals surface area (Å²) in [6.07, 6.45) is 4.87. The normalized spacial score (nSPS) is 24.9. The first-order chi connectivity index (χ1) is 8.29. The molecule has 2 rings (SSSR count). The maximum atomic E-state index is 13.8. The molecular formula is C14H15BrFNO. The number of aliphatic hydroxyl groups excluding tert-OH is 1. The third kappa shape index (κ3) is 1.82. The van der Waals surface area contributed by atoms with Crippen LogP contribution in [0.3, 0.4) is 0 Å². The minimum absolute atomic E-state index is 0.154. The fourth-order valence-corrected chi connectivity index (χ4v) is 3.00. The Morgan fingerprint density at radius 3 is 2.72 bits per heavy atom. The molecule has 0 saturated carbocycles. The zero-order chi connectivity index (χ0) is 13.7. The summed E-state index contributed by atoms with van der Waals surface area (Å²) in [6.45, 7) is 5.66. The second-order valence-corrected chi connectivity index (χ2v) is 6.03. The predicted octanol–water partition coefficient (Wildman–Crippen LogP) is 3.24. The van der Waals surface area contributed by atoms with Gasteiger partial charge in [-0.05, 0) is 41.4 Å². The average Bonchev–Trinajstić information content (AvgIpc) is 2.29. The van der Waals surface area contributed by atoms with Gasteiger partial charge in [-0.3, -0.25) is 0 Å². The Kier molecular flexibility index (Phi) is 3.16. The van der Waals surface area contributed by atoms with Crippen LogP contribution in [-0.4, -0.2) is 16.7 Å². The van der Waals surface area contributed by atoms with Crippen LogP contribution >= 0.6 is 15.9 Å². The van der Waals surface area contributed by atoms with Crippen molar-refractivity contribution < 1.29 is 9.50 Å². The number of anilines is 1. The van der Waals surface area contributed by atoms with Gasteiger partial charge in [-0.15, -0.1) is 6.42 Å². The summed E-state index contributed by atoms with van der Waals surface area (Å²) >= 11 is 3.17. The molecular weight excluding hydrogens is 297 g/mol. The fourth-order valence-electron chi connectivity index (χ4n) is 2.56. The van der Waals surface area contributed by atoms with Crippen molar-refractivity contribution in [1.82, 2.24) is 0 Å². The molecule has 0 amide bonds. The van der Waals surface area contributed by atoms with Gasteiger partial charge in [-0.1, -0.05) is 12.8 Å². The van der Waals surface area contributed by atoms with Gasteiger partial charge >= 0.3 is 0 Å². The van der Waals surface area contributed by atoms with E-state index in [-0.39, 0.29) is 10.4 Å². The number of aliphatic hydroxyl groups is 1. The highest BCUT2D eigenvalue weighted by Crippen LogP contribution is 2.43. The molecule has 1 unspecified atom stereocenters. The zero-order valence-electron chi connectivity index (χ0n) is 10.5.